The van der Waals surface area contributed by atoms with Crippen molar-refractivity contribution in [2.24, 2.45) is 0 Å². The lowest BCUT2D eigenvalue weighted by molar-refractivity contribution is -0.137. The van der Waals surface area contributed by atoms with E-state index < -0.39 is 11.6 Å². The number of carbonyl (C=O) groups is 2. The largest absolute Gasteiger partial charge is 0.478 e. The zero-order valence-corrected chi connectivity index (χ0v) is 22.1. The van der Waals surface area contributed by atoms with E-state index in [-0.39, 0.29) is 11.8 Å². The van der Waals surface area contributed by atoms with Crippen molar-refractivity contribution in [3.63, 3.8) is 0 Å². The van der Waals surface area contributed by atoms with Crippen molar-refractivity contribution in [2.75, 3.05) is 39.4 Å². The molecule has 1 saturated heterocycles. The molecule has 0 unspecified atom stereocenters. The molecule has 7 nitrogen and oxygen atoms in total. The summed E-state index contributed by atoms with van der Waals surface area (Å²) in [7, 11) is 0. The zero-order valence-electron chi connectivity index (χ0n) is 22.1. The van der Waals surface area contributed by atoms with Crippen molar-refractivity contribution in [1.29, 1.82) is 0 Å². The van der Waals surface area contributed by atoms with Gasteiger partial charge in [-0.15, -0.1) is 0 Å². The highest BCUT2D eigenvalue weighted by molar-refractivity contribution is 5.91. The molecule has 0 aromatic heterocycles. The monoisotopic (exact) mass is 495 g/mol. The quantitative estimate of drug-likeness (QED) is 0.441. The van der Waals surface area contributed by atoms with Crippen molar-refractivity contribution < 1.29 is 19.1 Å². The molecule has 0 aliphatic carbocycles. The Morgan fingerprint density at radius 3 is 2.47 bits per heavy atom. The average Bonchev–Trinajstić information content (AvgIpc) is 2.87. The third-order valence-corrected chi connectivity index (χ3v) is 6.40. The van der Waals surface area contributed by atoms with Gasteiger partial charge >= 0.3 is 0 Å². The van der Waals surface area contributed by atoms with Gasteiger partial charge in [-0.05, 0) is 56.0 Å². The molecule has 36 heavy (non-hydrogen) atoms. The first-order valence-corrected chi connectivity index (χ1v) is 13.0. The lowest BCUT2D eigenvalue weighted by Crippen LogP contribution is -2.55. The van der Waals surface area contributed by atoms with Crippen LogP contribution in [0.4, 0.5) is 0 Å². The van der Waals surface area contributed by atoms with Crippen LogP contribution in [0.1, 0.15) is 51.2 Å². The molecule has 1 aliphatic rings. The third-order valence-electron chi connectivity index (χ3n) is 6.40. The van der Waals surface area contributed by atoms with Gasteiger partial charge in [0.05, 0.1) is 13.2 Å². The van der Waals surface area contributed by atoms with Gasteiger partial charge in [-0.1, -0.05) is 56.3 Å². The number of nitrogens with one attached hydrogen (secondary N) is 2. The minimum atomic E-state index is -1.15. The van der Waals surface area contributed by atoms with Gasteiger partial charge < -0.3 is 20.1 Å². The Balaban J connectivity index is 1.61. The average molecular weight is 496 g/mol. The highest BCUT2D eigenvalue weighted by Crippen LogP contribution is 2.24. The van der Waals surface area contributed by atoms with Crippen molar-refractivity contribution in [2.45, 2.75) is 58.1 Å². The summed E-state index contributed by atoms with van der Waals surface area (Å²) in [6, 6.07) is 16.8. The summed E-state index contributed by atoms with van der Waals surface area (Å²) in [6.07, 6.45) is 1.25. The van der Waals surface area contributed by atoms with E-state index in [1.807, 2.05) is 54.6 Å². The van der Waals surface area contributed by atoms with Crippen LogP contribution < -0.4 is 15.4 Å². The highest BCUT2D eigenvalue weighted by Gasteiger charge is 2.33. The maximum atomic E-state index is 13.3. The number of carbonyl (C=O) groups excluding carboxylic acids is 2. The van der Waals surface area contributed by atoms with E-state index >= 15 is 0 Å². The van der Waals surface area contributed by atoms with Crippen LogP contribution in [-0.4, -0.2) is 67.7 Å². The number of ether oxygens (including phenoxy) is 2. The van der Waals surface area contributed by atoms with E-state index in [1.54, 1.807) is 13.8 Å². The van der Waals surface area contributed by atoms with Crippen LogP contribution in [-0.2, 0) is 20.7 Å². The third kappa shape index (κ3) is 8.64. The van der Waals surface area contributed by atoms with E-state index in [4.69, 9.17) is 9.47 Å². The second kappa shape index (κ2) is 13.4. The first-order valence-electron chi connectivity index (χ1n) is 13.0. The van der Waals surface area contributed by atoms with Crippen molar-refractivity contribution in [3.8, 4) is 5.75 Å². The van der Waals surface area contributed by atoms with Gasteiger partial charge in [-0.3, -0.25) is 14.5 Å². The van der Waals surface area contributed by atoms with Gasteiger partial charge in [-0.25, -0.2) is 0 Å². The number of rotatable bonds is 12. The SMILES string of the molecule is CC(C)c1cccc(OC(C)(C)C(=O)N[C@@H](Cc2ccccc2)C(=O)NCCCN2CCOCC2)c1. The van der Waals surface area contributed by atoms with Crippen LogP contribution in [0.5, 0.6) is 5.75 Å². The highest BCUT2D eigenvalue weighted by atomic mass is 16.5. The van der Waals surface area contributed by atoms with Crippen LogP contribution in [0.25, 0.3) is 0 Å². The molecule has 2 N–H and O–H groups in total. The first kappa shape index (κ1) is 27.7. The summed E-state index contributed by atoms with van der Waals surface area (Å²) >= 11 is 0. The maximum absolute atomic E-state index is 13.3. The number of amides is 2. The molecule has 1 aliphatic heterocycles. The van der Waals surface area contributed by atoms with Gasteiger partial charge in [0.25, 0.3) is 5.91 Å². The Morgan fingerprint density at radius 2 is 1.78 bits per heavy atom. The van der Waals surface area contributed by atoms with Gasteiger partial charge in [0.15, 0.2) is 5.60 Å². The summed E-state index contributed by atoms with van der Waals surface area (Å²) in [4.78, 5) is 28.8. The first-order chi connectivity index (χ1) is 17.2. The van der Waals surface area contributed by atoms with Gasteiger partial charge in [0.1, 0.15) is 11.8 Å². The van der Waals surface area contributed by atoms with Crippen molar-refractivity contribution in [1.82, 2.24) is 15.5 Å². The van der Waals surface area contributed by atoms with Crippen LogP contribution in [0.3, 0.4) is 0 Å². The topological polar surface area (TPSA) is 79.9 Å². The number of benzene rings is 2. The van der Waals surface area contributed by atoms with Crippen LogP contribution in [0.15, 0.2) is 54.6 Å². The van der Waals surface area contributed by atoms with E-state index in [9.17, 15) is 9.59 Å². The van der Waals surface area contributed by atoms with Crippen molar-refractivity contribution in [3.05, 3.63) is 65.7 Å². The zero-order chi connectivity index (χ0) is 26.0. The van der Waals surface area contributed by atoms with E-state index in [2.05, 4.69) is 29.4 Å². The Bertz CT molecular complexity index is 971. The minimum absolute atomic E-state index is 0.188. The Hall–Kier alpha value is -2.90. The molecule has 3 rings (SSSR count). The molecule has 0 bridgehead atoms. The van der Waals surface area contributed by atoms with E-state index in [1.165, 1.54) is 0 Å². The molecular weight excluding hydrogens is 454 g/mol. The fraction of sp³-hybridized carbons (Fsp3) is 0.517. The molecule has 1 fully saturated rings. The molecular formula is C29H41N3O4. The Kier molecular flexibility index (Phi) is 10.3. The molecule has 196 valence electrons. The maximum Gasteiger partial charge on any atom is 0.264 e. The van der Waals surface area contributed by atoms with Crippen LogP contribution >= 0.6 is 0 Å². The second-order valence-corrected chi connectivity index (χ2v) is 10.2. The summed E-state index contributed by atoms with van der Waals surface area (Å²) in [5.41, 5.74) is 0.970. The fourth-order valence-electron chi connectivity index (χ4n) is 4.13. The predicted octanol–water partition coefficient (Wildman–Crippen LogP) is 3.53. The van der Waals surface area contributed by atoms with E-state index in [0.29, 0.717) is 24.6 Å². The summed E-state index contributed by atoms with van der Waals surface area (Å²) in [5.74, 6) is 0.467. The van der Waals surface area contributed by atoms with Gasteiger partial charge in [-0.2, -0.15) is 0 Å². The molecule has 0 spiro atoms. The molecule has 2 aromatic rings. The molecule has 1 heterocycles. The number of nitrogens with zero attached hydrogens (tertiary/aromatic N) is 1. The number of hydrogen-bond donors (Lipinski definition) is 2. The Labute approximate surface area is 215 Å². The smallest absolute Gasteiger partial charge is 0.264 e. The van der Waals surface area contributed by atoms with Gasteiger partial charge in [0, 0.05) is 26.1 Å². The summed E-state index contributed by atoms with van der Waals surface area (Å²) in [6.45, 7) is 12.5. The normalized spacial score (nSPS) is 15.4. The molecule has 0 saturated carbocycles. The molecule has 0 radical (unpaired) electrons. The summed E-state index contributed by atoms with van der Waals surface area (Å²) in [5, 5.41) is 5.97. The lowest BCUT2D eigenvalue weighted by atomic mass is 10.0. The lowest BCUT2D eigenvalue weighted by Gasteiger charge is -2.29. The molecule has 2 amide bonds. The predicted molar refractivity (Wildman–Crippen MR) is 142 cm³/mol. The van der Waals surface area contributed by atoms with Crippen LogP contribution in [0, 0.1) is 0 Å². The molecule has 7 heteroatoms. The second-order valence-electron chi connectivity index (χ2n) is 10.2. The van der Waals surface area contributed by atoms with Gasteiger partial charge in [0.2, 0.25) is 5.91 Å². The number of hydrogen-bond acceptors (Lipinski definition) is 5. The standard InChI is InChI=1S/C29H41N3O4/c1-22(2)24-12-8-13-25(21-24)36-29(3,4)28(34)31-26(20-23-10-6-5-7-11-23)27(33)30-14-9-15-32-16-18-35-19-17-32/h5-8,10-13,21-22,26H,9,14-20H2,1-4H3,(H,30,33)(H,31,34)/t26-/m0/s1. The molecule has 2 aromatic carbocycles. The Morgan fingerprint density at radius 1 is 1.06 bits per heavy atom. The van der Waals surface area contributed by atoms with E-state index in [0.717, 1.165) is 50.4 Å². The molecule has 1 atom stereocenters. The number of morpholine rings is 1. The van der Waals surface area contributed by atoms with Crippen molar-refractivity contribution >= 4 is 11.8 Å². The van der Waals surface area contributed by atoms with Crippen LogP contribution in [0.2, 0.25) is 0 Å². The minimum Gasteiger partial charge on any atom is -0.478 e. The summed E-state index contributed by atoms with van der Waals surface area (Å²) < 4.78 is 11.5. The fourth-order valence-corrected chi connectivity index (χ4v) is 4.13.